The van der Waals surface area contributed by atoms with Crippen molar-refractivity contribution in [2.45, 2.75) is 36.6 Å². The third kappa shape index (κ3) is 5.13. The van der Waals surface area contributed by atoms with E-state index in [1.54, 1.807) is 0 Å². The molecule has 2 rings (SSSR count). The first-order chi connectivity index (χ1) is 11.8. The fourth-order valence-electron chi connectivity index (χ4n) is 2.96. The Kier molecular flexibility index (Phi) is 6.74. The minimum Gasteiger partial charge on any atom is -0.396 e. The van der Waals surface area contributed by atoms with Crippen molar-refractivity contribution in [3.63, 3.8) is 0 Å². The summed E-state index contributed by atoms with van der Waals surface area (Å²) in [5, 5.41) is 8.77. The summed E-state index contributed by atoms with van der Waals surface area (Å²) in [5.41, 5.74) is 4.89. The summed E-state index contributed by atoms with van der Waals surface area (Å²) in [5.74, 6) is -0.635. The van der Waals surface area contributed by atoms with Gasteiger partial charge in [0.25, 0.3) is 5.56 Å². The van der Waals surface area contributed by atoms with Crippen molar-refractivity contribution in [1.82, 2.24) is 4.57 Å². The van der Waals surface area contributed by atoms with Crippen LogP contribution < -0.4 is 11.3 Å². The average Bonchev–Trinajstić information content (AvgIpc) is 2.59. The Morgan fingerprint density at radius 3 is 2.64 bits per heavy atom. The lowest BCUT2D eigenvalue weighted by Gasteiger charge is -2.26. The highest BCUT2D eigenvalue weighted by Gasteiger charge is 2.26. The minimum absolute atomic E-state index is 0.0963. The van der Waals surface area contributed by atoms with Crippen molar-refractivity contribution in [3.05, 3.63) is 28.7 Å². The Hall–Kier alpha value is -1.71. The van der Waals surface area contributed by atoms with Gasteiger partial charge in [0, 0.05) is 32.1 Å². The number of rotatable bonds is 8. The highest BCUT2D eigenvalue weighted by molar-refractivity contribution is 7.91. The first-order valence-corrected chi connectivity index (χ1v) is 9.93. The Balaban J connectivity index is 2.24. The van der Waals surface area contributed by atoms with Crippen LogP contribution in [0.5, 0.6) is 0 Å². The Morgan fingerprint density at radius 1 is 1.40 bits per heavy atom. The Bertz CT molecular complexity index is 752. The van der Waals surface area contributed by atoms with E-state index in [1.807, 2.05) is 0 Å². The van der Waals surface area contributed by atoms with Gasteiger partial charge >= 0.3 is 0 Å². The van der Waals surface area contributed by atoms with Crippen LogP contribution in [0.25, 0.3) is 0 Å². The summed E-state index contributed by atoms with van der Waals surface area (Å²) in [6.07, 6.45) is 3.43. The van der Waals surface area contributed by atoms with Gasteiger partial charge in [-0.1, -0.05) is 0 Å². The van der Waals surface area contributed by atoms with Crippen LogP contribution in [-0.2, 0) is 19.4 Å². The maximum atomic E-state index is 12.4. The number of nitrogens with two attached hydrogens (primary N) is 1. The van der Waals surface area contributed by atoms with Gasteiger partial charge in [-0.05, 0) is 37.7 Å². The predicted molar refractivity (Wildman–Crippen MR) is 90.8 cm³/mol. The number of nitrogens with zero attached hydrogens (tertiary/aromatic N) is 1. The SMILES string of the molecule is NC(=O)[C@H](CC1CCOCC1)n1ccc(S(=O)(=O)CCCO)cc1=O. The number of sulfone groups is 1. The van der Waals surface area contributed by atoms with E-state index in [4.69, 9.17) is 15.6 Å². The summed E-state index contributed by atoms with van der Waals surface area (Å²) in [7, 11) is -3.64. The molecule has 1 aliphatic heterocycles. The summed E-state index contributed by atoms with van der Waals surface area (Å²) in [6.45, 7) is 0.991. The zero-order valence-corrected chi connectivity index (χ0v) is 14.8. The number of amides is 1. The van der Waals surface area contributed by atoms with Crippen LogP contribution in [0.3, 0.4) is 0 Å². The van der Waals surface area contributed by atoms with Crippen LogP contribution in [0.1, 0.15) is 31.7 Å². The minimum atomic E-state index is -3.64. The van der Waals surface area contributed by atoms with Crippen LogP contribution in [0.4, 0.5) is 0 Å². The molecule has 140 valence electrons. The molecule has 0 bridgehead atoms. The molecule has 0 spiro atoms. The van der Waals surface area contributed by atoms with E-state index in [2.05, 4.69) is 0 Å². The van der Waals surface area contributed by atoms with Gasteiger partial charge in [0.2, 0.25) is 5.91 Å². The van der Waals surface area contributed by atoms with Gasteiger partial charge in [0.1, 0.15) is 6.04 Å². The standard InChI is InChI=1S/C16H24N2O6S/c17-16(21)14(10-12-3-7-24-8-4-12)18-5-2-13(11-15(18)20)25(22,23)9-1-6-19/h2,5,11-12,14,19H,1,3-4,6-10H2,(H2,17,21)/t14-/m0/s1. The van der Waals surface area contributed by atoms with Crippen LogP contribution in [-0.4, -0.2) is 49.6 Å². The van der Waals surface area contributed by atoms with Crippen molar-refractivity contribution >= 4 is 15.7 Å². The topological polar surface area (TPSA) is 129 Å². The summed E-state index contributed by atoms with van der Waals surface area (Å²) < 4.78 is 30.7. The number of carbonyl (C=O) groups excluding carboxylic acids is 1. The Morgan fingerprint density at radius 2 is 2.08 bits per heavy atom. The number of carbonyl (C=O) groups is 1. The fraction of sp³-hybridized carbons (Fsp3) is 0.625. The molecule has 1 aromatic heterocycles. The number of aromatic nitrogens is 1. The van der Waals surface area contributed by atoms with Gasteiger partial charge in [-0.3, -0.25) is 9.59 Å². The van der Waals surface area contributed by atoms with Gasteiger partial charge in [-0.2, -0.15) is 0 Å². The normalized spacial score (nSPS) is 17.3. The quantitative estimate of drug-likeness (QED) is 0.653. The molecular weight excluding hydrogens is 348 g/mol. The number of aliphatic hydroxyl groups excluding tert-OH is 1. The molecule has 1 fully saturated rings. The Labute approximate surface area is 146 Å². The van der Waals surface area contributed by atoms with E-state index in [9.17, 15) is 18.0 Å². The zero-order chi connectivity index (χ0) is 18.4. The number of ether oxygens (including phenoxy) is 1. The van der Waals surface area contributed by atoms with E-state index in [-0.39, 0.29) is 29.6 Å². The monoisotopic (exact) mass is 372 g/mol. The first-order valence-electron chi connectivity index (χ1n) is 8.28. The molecule has 1 aliphatic rings. The van der Waals surface area contributed by atoms with Crippen molar-refractivity contribution in [2.75, 3.05) is 25.6 Å². The van der Waals surface area contributed by atoms with Crippen molar-refractivity contribution in [3.8, 4) is 0 Å². The first kappa shape index (κ1) is 19.6. The van der Waals surface area contributed by atoms with Gasteiger partial charge in [-0.25, -0.2) is 8.42 Å². The lowest BCUT2D eigenvalue weighted by atomic mass is 9.92. The summed E-state index contributed by atoms with van der Waals surface area (Å²) in [4.78, 5) is 24.1. The lowest BCUT2D eigenvalue weighted by molar-refractivity contribution is -0.122. The fourth-order valence-corrected chi connectivity index (χ4v) is 4.25. The largest absolute Gasteiger partial charge is 0.396 e. The molecule has 8 nitrogen and oxygen atoms in total. The molecular formula is C16H24N2O6S. The summed E-state index contributed by atoms with van der Waals surface area (Å²) >= 11 is 0. The van der Waals surface area contributed by atoms with Crippen molar-refractivity contribution in [1.29, 1.82) is 0 Å². The van der Waals surface area contributed by atoms with Gasteiger partial charge < -0.3 is 20.1 Å². The number of hydrogen-bond donors (Lipinski definition) is 2. The molecule has 0 radical (unpaired) electrons. The number of aliphatic hydroxyl groups is 1. The zero-order valence-electron chi connectivity index (χ0n) is 14.0. The molecule has 1 amide bonds. The number of primary amides is 1. The smallest absolute Gasteiger partial charge is 0.252 e. The van der Waals surface area contributed by atoms with Crippen LogP contribution in [0, 0.1) is 5.92 Å². The van der Waals surface area contributed by atoms with E-state index < -0.39 is 27.3 Å². The molecule has 2 heterocycles. The molecule has 0 unspecified atom stereocenters. The molecule has 0 aromatic carbocycles. The van der Waals surface area contributed by atoms with Crippen LogP contribution >= 0.6 is 0 Å². The van der Waals surface area contributed by atoms with Crippen LogP contribution in [0.15, 0.2) is 28.0 Å². The second kappa shape index (κ2) is 8.59. The van der Waals surface area contributed by atoms with E-state index in [0.29, 0.717) is 19.6 Å². The molecule has 9 heteroatoms. The van der Waals surface area contributed by atoms with E-state index in [1.165, 1.54) is 16.8 Å². The molecule has 3 N–H and O–H groups in total. The van der Waals surface area contributed by atoms with E-state index >= 15 is 0 Å². The molecule has 1 saturated heterocycles. The van der Waals surface area contributed by atoms with Crippen LogP contribution in [0.2, 0.25) is 0 Å². The predicted octanol–water partition coefficient (Wildman–Crippen LogP) is -0.152. The highest BCUT2D eigenvalue weighted by atomic mass is 32.2. The second-order valence-electron chi connectivity index (χ2n) is 6.21. The third-order valence-electron chi connectivity index (χ3n) is 4.41. The highest BCUT2D eigenvalue weighted by Crippen LogP contribution is 2.25. The molecule has 0 aliphatic carbocycles. The molecule has 1 atom stereocenters. The van der Waals surface area contributed by atoms with Crippen molar-refractivity contribution in [2.24, 2.45) is 11.7 Å². The van der Waals surface area contributed by atoms with Gasteiger partial charge in [0.05, 0.1) is 10.6 Å². The van der Waals surface area contributed by atoms with Gasteiger partial charge in [-0.15, -0.1) is 0 Å². The second-order valence-corrected chi connectivity index (χ2v) is 8.32. The number of pyridine rings is 1. The molecule has 0 saturated carbocycles. The average molecular weight is 372 g/mol. The lowest BCUT2D eigenvalue weighted by Crippen LogP contribution is -2.35. The van der Waals surface area contributed by atoms with E-state index in [0.717, 1.165) is 18.9 Å². The maximum Gasteiger partial charge on any atom is 0.252 e. The third-order valence-corrected chi connectivity index (χ3v) is 6.21. The van der Waals surface area contributed by atoms with Crippen molar-refractivity contribution < 1.29 is 23.1 Å². The number of hydrogen-bond acceptors (Lipinski definition) is 6. The van der Waals surface area contributed by atoms with Gasteiger partial charge in [0.15, 0.2) is 9.84 Å². The molecule has 25 heavy (non-hydrogen) atoms. The molecule has 1 aromatic rings. The summed E-state index contributed by atoms with van der Waals surface area (Å²) in [6, 6.07) is 1.49. The maximum absolute atomic E-state index is 12.4.